The molecular weight excluding hydrogens is 262 g/mol. The Kier molecular flexibility index (Phi) is 5.62. The third-order valence-electron chi connectivity index (χ3n) is 3.91. The molecule has 0 atom stereocenters. The van der Waals surface area contributed by atoms with Crippen LogP contribution in [0.4, 0.5) is 0 Å². The molecule has 0 spiro atoms. The normalized spacial score (nSPS) is 23.4. The van der Waals surface area contributed by atoms with Gasteiger partial charge in [-0.25, -0.2) is 12.7 Å². The number of sulfonamides is 1. The van der Waals surface area contributed by atoms with Gasteiger partial charge in [-0.1, -0.05) is 0 Å². The van der Waals surface area contributed by atoms with Gasteiger partial charge in [-0.15, -0.1) is 0 Å². The van der Waals surface area contributed by atoms with Gasteiger partial charge in [-0.05, 0) is 52.2 Å². The predicted molar refractivity (Wildman–Crippen MR) is 77.7 cm³/mol. The molecule has 0 aromatic carbocycles. The number of hydrogen-bond donors (Lipinski definition) is 1. The third-order valence-corrected chi connectivity index (χ3v) is 5.87. The fourth-order valence-electron chi connectivity index (χ4n) is 2.43. The van der Waals surface area contributed by atoms with Crippen LogP contribution in [-0.4, -0.2) is 69.2 Å². The Morgan fingerprint density at radius 3 is 2.63 bits per heavy atom. The minimum Gasteiger partial charge on any atom is -0.314 e. The first-order valence-electron chi connectivity index (χ1n) is 7.48. The highest BCUT2D eigenvalue weighted by molar-refractivity contribution is 7.89. The van der Waals surface area contributed by atoms with E-state index in [9.17, 15) is 8.42 Å². The molecule has 1 saturated heterocycles. The third kappa shape index (κ3) is 5.38. The van der Waals surface area contributed by atoms with Crippen molar-refractivity contribution in [2.45, 2.75) is 38.1 Å². The molecule has 0 unspecified atom stereocenters. The lowest BCUT2D eigenvalue weighted by Gasteiger charge is -2.20. The maximum absolute atomic E-state index is 12.2. The maximum atomic E-state index is 12.2. The SMILES string of the molecule is CN1CCCN(S(=O)(=O)CCCCNC2CC2)CC1. The van der Waals surface area contributed by atoms with E-state index in [1.165, 1.54) is 12.8 Å². The first-order chi connectivity index (χ1) is 9.08. The molecule has 1 N–H and O–H groups in total. The summed E-state index contributed by atoms with van der Waals surface area (Å²) < 4.78 is 26.2. The Labute approximate surface area is 117 Å². The Morgan fingerprint density at radius 2 is 1.89 bits per heavy atom. The zero-order valence-corrected chi connectivity index (χ0v) is 12.8. The first kappa shape index (κ1) is 15.2. The van der Waals surface area contributed by atoms with E-state index in [1.807, 2.05) is 0 Å². The lowest BCUT2D eigenvalue weighted by Crippen LogP contribution is -2.36. The van der Waals surface area contributed by atoms with Crippen molar-refractivity contribution in [2.24, 2.45) is 0 Å². The molecule has 5 nitrogen and oxygen atoms in total. The average molecular weight is 289 g/mol. The second-order valence-corrected chi connectivity index (χ2v) is 7.90. The van der Waals surface area contributed by atoms with E-state index >= 15 is 0 Å². The second-order valence-electron chi connectivity index (χ2n) is 5.81. The van der Waals surface area contributed by atoms with Crippen LogP contribution >= 0.6 is 0 Å². The summed E-state index contributed by atoms with van der Waals surface area (Å²) in [6.07, 6.45) is 5.26. The van der Waals surface area contributed by atoms with Crippen LogP contribution in [0.2, 0.25) is 0 Å². The predicted octanol–water partition coefficient (Wildman–Crippen LogP) is 0.486. The molecule has 0 amide bonds. The van der Waals surface area contributed by atoms with Gasteiger partial charge in [0.1, 0.15) is 0 Å². The Morgan fingerprint density at radius 1 is 1.11 bits per heavy atom. The van der Waals surface area contributed by atoms with E-state index in [0.717, 1.165) is 44.9 Å². The summed E-state index contributed by atoms with van der Waals surface area (Å²) in [5.74, 6) is 0.309. The molecule has 0 aromatic heterocycles. The van der Waals surface area contributed by atoms with Crippen LogP contribution in [0.3, 0.4) is 0 Å². The van der Waals surface area contributed by atoms with Crippen LogP contribution in [0.25, 0.3) is 0 Å². The van der Waals surface area contributed by atoms with Crippen molar-refractivity contribution in [1.29, 1.82) is 0 Å². The van der Waals surface area contributed by atoms with Gasteiger partial charge in [0.2, 0.25) is 10.0 Å². The van der Waals surface area contributed by atoms with E-state index in [1.54, 1.807) is 4.31 Å². The minimum absolute atomic E-state index is 0.309. The van der Waals surface area contributed by atoms with Gasteiger partial charge in [0.15, 0.2) is 0 Å². The summed E-state index contributed by atoms with van der Waals surface area (Å²) in [6, 6.07) is 0.720. The molecule has 0 bridgehead atoms. The molecule has 2 aliphatic rings. The lowest BCUT2D eigenvalue weighted by molar-refractivity contribution is 0.347. The molecule has 1 aliphatic carbocycles. The van der Waals surface area contributed by atoms with E-state index in [-0.39, 0.29) is 0 Å². The number of likely N-dealkylation sites (N-methyl/N-ethyl adjacent to an activating group) is 1. The summed E-state index contributed by atoms with van der Waals surface area (Å²) in [7, 11) is -0.981. The van der Waals surface area contributed by atoms with Gasteiger partial charge in [-0.2, -0.15) is 0 Å². The van der Waals surface area contributed by atoms with Crippen molar-refractivity contribution in [3.8, 4) is 0 Å². The largest absolute Gasteiger partial charge is 0.314 e. The van der Waals surface area contributed by atoms with Crippen molar-refractivity contribution in [1.82, 2.24) is 14.5 Å². The zero-order valence-electron chi connectivity index (χ0n) is 12.0. The first-order valence-corrected chi connectivity index (χ1v) is 9.08. The number of nitrogens with one attached hydrogen (secondary N) is 1. The highest BCUT2D eigenvalue weighted by Crippen LogP contribution is 2.18. The summed E-state index contributed by atoms with van der Waals surface area (Å²) in [5.41, 5.74) is 0. The topological polar surface area (TPSA) is 52.7 Å². The van der Waals surface area contributed by atoms with Crippen molar-refractivity contribution in [2.75, 3.05) is 45.5 Å². The monoisotopic (exact) mass is 289 g/mol. The van der Waals surface area contributed by atoms with Gasteiger partial charge >= 0.3 is 0 Å². The van der Waals surface area contributed by atoms with Crippen LogP contribution < -0.4 is 5.32 Å². The van der Waals surface area contributed by atoms with Crippen molar-refractivity contribution < 1.29 is 8.42 Å². The van der Waals surface area contributed by atoms with E-state index in [0.29, 0.717) is 18.8 Å². The molecule has 1 saturated carbocycles. The molecule has 0 radical (unpaired) electrons. The van der Waals surface area contributed by atoms with Gasteiger partial charge < -0.3 is 10.2 Å². The maximum Gasteiger partial charge on any atom is 0.214 e. The van der Waals surface area contributed by atoms with Crippen molar-refractivity contribution in [3.63, 3.8) is 0 Å². The summed E-state index contributed by atoms with van der Waals surface area (Å²) in [4.78, 5) is 2.20. The molecule has 2 rings (SSSR count). The molecule has 0 aromatic rings. The van der Waals surface area contributed by atoms with E-state index in [4.69, 9.17) is 0 Å². The molecule has 19 heavy (non-hydrogen) atoms. The lowest BCUT2D eigenvalue weighted by atomic mass is 10.3. The highest BCUT2D eigenvalue weighted by Gasteiger charge is 2.24. The number of hydrogen-bond acceptors (Lipinski definition) is 4. The number of unbranched alkanes of at least 4 members (excludes halogenated alkanes) is 1. The van der Waals surface area contributed by atoms with E-state index < -0.39 is 10.0 Å². The molecular formula is C13H27N3O2S. The van der Waals surface area contributed by atoms with Crippen LogP contribution in [-0.2, 0) is 10.0 Å². The van der Waals surface area contributed by atoms with Gasteiger partial charge in [-0.3, -0.25) is 0 Å². The second kappa shape index (κ2) is 7.02. The fraction of sp³-hybridized carbons (Fsp3) is 1.00. The van der Waals surface area contributed by atoms with Crippen molar-refractivity contribution in [3.05, 3.63) is 0 Å². The molecule has 1 aliphatic heterocycles. The zero-order chi connectivity index (χ0) is 13.7. The van der Waals surface area contributed by atoms with Crippen LogP contribution in [0.1, 0.15) is 32.1 Å². The van der Waals surface area contributed by atoms with Crippen LogP contribution in [0, 0.1) is 0 Å². The Hall–Kier alpha value is -0.170. The van der Waals surface area contributed by atoms with E-state index in [2.05, 4.69) is 17.3 Å². The summed E-state index contributed by atoms with van der Waals surface area (Å²) in [6.45, 7) is 4.15. The van der Waals surface area contributed by atoms with Gasteiger partial charge in [0, 0.05) is 25.7 Å². The Balaban J connectivity index is 1.67. The number of rotatable bonds is 7. The fourth-order valence-corrected chi connectivity index (χ4v) is 4.03. The minimum atomic E-state index is -3.04. The summed E-state index contributed by atoms with van der Waals surface area (Å²) >= 11 is 0. The Bertz CT molecular complexity index is 368. The van der Waals surface area contributed by atoms with Crippen LogP contribution in [0.15, 0.2) is 0 Å². The quantitative estimate of drug-likeness (QED) is 0.693. The summed E-state index contributed by atoms with van der Waals surface area (Å²) in [5, 5.41) is 3.42. The standard InChI is InChI=1S/C13H27N3O2S/c1-15-8-4-9-16(11-10-15)19(17,18)12-3-2-7-14-13-5-6-13/h13-14H,2-12H2,1H3. The van der Waals surface area contributed by atoms with Crippen molar-refractivity contribution >= 4 is 10.0 Å². The van der Waals surface area contributed by atoms with Crippen LogP contribution in [0.5, 0.6) is 0 Å². The smallest absolute Gasteiger partial charge is 0.214 e. The van der Waals surface area contributed by atoms with Gasteiger partial charge in [0.05, 0.1) is 5.75 Å². The highest BCUT2D eigenvalue weighted by atomic mass is 32.2. The molecule has 2 fully saturated rings. The average Bonchev–Trinajstić information content (AvgIpc) is 3.16. The molecule has 112 valence electrons. The van der Waals surface area contributed by atoms with Gasteiger partial charge in [0.25, 0.3) is 0 Å². The number of nitrogens with zero attached hydrogens (tertiary/aromatic N) is 2. The molecule has 1 heterocycles. The molecule has 6 heteroatoms.